The van der Waals surface area contributed by atoms with Crippen LogP contribution >= 0.6 is 34.8 Å². The molecule has 0 aliphatic heterocycles. The van der Waals surface area contributed by atoms with Crippen LogP contribution in [-0.2, 0) is 14.6 Å². The molecule has 0 heterocycles. The van der Waals surface area contributed by atoms with Gasteiger partial charge >= 0.3 is 0 Å². The Kier molecular flexibility index (Phi) is 6.61. The number of rotatable bonds is 3. The van der Waals surface area contributed by atoms with Gasteiger partial charge in [0.2, 0.25) is 0 Å². The van der Waals surface area contributed by atoms with Crippen LogP contribution in [0, 0.1) is 16.2 Å². The van der Waals surface area contributed by atoms with Gasteiger partial charge in [-0.2, -0.15) is 0 Å². The molecule has 0 aromatic heterocycles. The molecule has 1 aromatic carbocycles. The Labute approximate surface area is 183 Å². The van der Waals surface area contributed by atoms with E-state index in [1.165, 1.54) is 0 Å². The van der Waals surface area contributed by atoms with Crippen molar-refractivity contribution in [2.24, 2.45) is 16.2 Å². The molecule has 0 fully saturated rings. The van der Waals surface area contributed by atoms with Gasteiger partial charge in [0.25, 0.3) is 0 Å². The summed E-state index contributed by atoms with van der Waals surface area (Å²) in [7, 11) is 0. The maximum atomic E-state index is 7.12. The van der Waals surface area contributed by atoms with Crippen LogP contribution in [0.2, 0.25) is 0 Å². The van der Waals surface area contributed by atoms with Crippen molar-refractivity contribution >= 4 is 34.8 Å². The van der Waals surface area contributed by atoms with Crippen LogP contribution in [-0.4, -0.2) is 0 Å². The fraction of sp³-hybridized carbons (Fsp3) is 0.750. The van der Waals surface area contributed by atoms with E-state index in [9.17, 15) is 0 Å². The topological polar surface area (TPSA) is 0 Å². The molecule has 0 saturated heterocycles. The molecule has 0 aliphatic rings. The van der Waals surface area contributed by atoms with E-state index in [1.54, 1.807) is 0 Å². The third kappa shape index (κ3) is 4.65. The van der Waals surface area contributed by atoms with Crippen LogP contribution in [0.5, 0.6) is 0 Å². The Bertz CT molecular complexity index is 568. The van der Waals surface area contributed by atoms with E-state index in [2.05, 4.69) is 101 Å². The number of benzene rings is 1. The maximum Gasteiger partial charge on any atom is 0.0715 e. The number of halogens is 3. The van der Waals surface area contributed by atoms with E-state index in [4.69, 9.17) is 34.8 Å². The third-order valence-corrected chi connectivity index (χ3v) is 9.14. The second-order valence-corrected chi connectivity index (χ2v) is 13.8. The summed E-state index contributed by atoms with van der Waals surface area (Å²) in [6.07, 6.45) is 0. The molecule has 3 unspecified atom stereocenters. The van der Waals surface area contributed by atoms with Crippen LogP contribution < -0.4 is 0 Å². The van der Waals surface area contributed by atoms with Crippen molar-refractivity contribution in [1.82, 2.24) is 0 Å². The summed E-state index contributed by atoms with van der Waals surface area (Å²) >= 11 is 21.4. The van der Waals surface area contributed by atoms with Crippen LogP contribution in [0.4, 0.5) is 0 Å². The van der Waals surface area contributed by atoms with Crippen molar-refractivity contribution < 1.29 is 0 Å². The molecule has 0 saturated carbocycles. The predicted molar refractivity (Wildman–Crippen MR) is 124 cm³/mol. The second kappa shape index (κ2) is 7.10. The predicted octanol–water partition coefficient (Wildman–Crippen LogP) is 9.19. The smallest absolute Gasteiger partial charge is 0.0715 e. The third-order valence-electron chi connectivity index (χ3n) is 6.78. The lowest BCUT2D eigenvalue weighted by Gasteiger charge is -2.43. The Morgan fingerprint density at radius 3 is 0.667 bits per heavy atom. The van der Waals surface area contributed by atoms with Gasteiger partial charge < -0.3 is 0 Å². The lowest BCUT2D eigenvalue weighted by atomic mass is 9.70. The largest absolute Gasteiger partial charge is 0.114 e. The van der Waals surface area contributed by atoms with E-state index in [0.717, 1.165) is 16.7 Å². The first kappa shape index (κ1) is 25.1. The van der Waals surface area contributed by atoms with Crippen molar-refractivity contribution in [3.8, 4) is 0 Å². The lowest BCUT2D eigenvalue weighted by Crippen LogP contribution is -2.37. The van der Waals surface area contributed by atoms with Crippen LogP contribution in [0.15, 0.2) is 18.2 Å². The quantitative estimate of drug-likeness (QED) is 0.417. The van der Waals surface area contributed by atoms with Gasteiger partial charge in [-0.25, -0.2) is 0 Å². The highest BCUT2D eigenvalue weighted by atomic mass is 35.5. The standard InChI is InChI=1S/C24H39Cl3/c1-19(2,3)22(10,25)16-13-17(23(11,26)20(4,5)6)15-18(14-16)24(12,27)21(7,8)9/h13-15H,1-12H3. The van der Waals surface area contributed by atoms with Gasteiger partial charge in [0.1, 0.15) is 0 Å². The van der Waals surface area contributed by atoms with E-state index in [-0.39, 0.29) is 16.2 Å². The molecule has 0 radical (unpaired) electrons. The minimum Gasteiger partial charge on any atom is -0.114 e. The summed E-state index contributed by atoms with van der Waals surface area (Å²) in [6.45, 7) is 25.8. The van der Waals surface area contributed by atoms with E-state index >= 15 is 0 Å². The Balaban J connectivity index is 3.90. The Morgan fingerprint density at radius 2 is 0.556 bits per heavy atom. The molecule has 0 nitrogen and oxygen atoms in total. The summed E-state index contributed by atoms with van der Waals surface area (Å²) in [5, 5.41) is 0. The molecule has 0 bridgehead atoms. The van der Waals surface area contributed by atoms with Crippen molar-refractivity contribution in [3.63, 3.8) is 0 Å². The van der Waals surface area contributed by atoms with Gasteiger partial charge in [-0.3, -0.25) is 0 Å². The zero-order valence-electron chi connectivity index (χ0n) is 19.4. The maximum absolute atomic E-state index is 7.12. The zero-order chi connectivity index (χ0) is 21.9. The molecule has 0 amide bonds. The van der Waals surface area contributed by atoms with Crippen molar-refractivity contribution in [1.29, 1.82) is 0 Å². The molecule has 1 aromatic rings. The van der Waals surface area contributed by atoms with Gasteiger partial charge in [0.15, 0.2) is 0 Å². The van der Waals surface area contributed by atoms with Crippen molar-refractivity contribution in [2.45, 2.75) is 97.7 Å². The van der Waals surface area contributed by atoms with E-state index < -0.39 is 14.6 Å². The number of hydrogen-bond donors (Lipinski definition) is 0. The Hall–Kier alpha value is 0.0900. The first-order valence-corrected chi connectivity index (χ1v) is 10.9. The second-order valence-electron chi connectivity index (χ2n) is 11.6. The van der Waals surface area contributed by atoms with Crippen LogP contribution in [0.1, 0.15) is 99.8 Å². The molecule has 156 valence electrons. The van der Waals surface area contributed by atoms with Gasteiger partial charge in [-0.05, 0) is 53.7 Å². The fourth-order valence-corrected chi connectivity index (χ4v) is 3.07. The molecule has 27 heavy (non-hydrogen) atoms. The minimum absolute atomic E-state index is 0.126. The monoisotopic (exact) mass is 432 g/mol. The minimum atomic E-state index is -0.548. The van der Waals surface area contributed by atoms with Gasteiger partial charge in [0.05, 0.1) is 14.6 Å². The van der Waals surface area contributed by atoms with Crippen molar-refractivity contribution in [2.75, 3.05) is 0 Å². The summed E-state index contributed by atoms with van der Waals surface area (Å²) in [6, 6.07) is 6.53. The normalized spacial score (nSPS) is 20.6. The first-order valence-electron chi connectivity index (χ1n) is 9.80. The average Bonchev–Trinajstić information content (AvgIpc) is 2.43. The molecule has 1 rings (SSSR count). The molecule has 0 N–H and O–H groups in total. The first-order chi connectivity index (χ1) is 11.6. The van der Waals surface area contributed by atoms with Gasteiger partial charge in [-0.1, -0.05) is 80.5 Å². The van der Waals surface area contributed by atoms with Gasteiger partial charge in [-0.15, -0.1) is 34.8 Å². The molecule has 0 aliphatic carbocycles. The highest BCUT2D eigenvalue weighted by molar-refractivity contribution is 6.26. The number of alkyl halides is 3. The summed E-state index contributed by atoms with van der Waals surface area (Å²) in [5.41, 5.74) is 2.82. The summed E-state index contributed by atoms with van der Waals surface area (Å²) in [5.74, 6) is 0. The number of hydrogen-bond acceptors (Lipinski definition) is 0. The molecular formula is C24H39Cl3. The molecule has 0 spiro atoms. The van der Waals surface area contributed by atoms with Gasteiger partial charge in [0, 0.05) is 0 Å². The summed E-state index contributed by atoms with van der Waals surface area (Å²) in [4.78, 5) is -1.64. The lowest BCUT2D eigenvalue weighted by molar-refractivity contribution is 0.281. The van der Waals surface area contributed by atoms with Crippen molar-refractivity contribution in [3.05, 3.63) is 34.9 Å². The zero-order valence-corrected chi connectivity index (χ0v) is 21.6. The SMILES string of the molecule is CC(C)(C)C(C)(Cl)c1cc(C(C)(Cl)C(C)(C)C)cc(C(C)(Cl)C(C)(C)C)c1. The highest BCUT2D eigenvalue weighted by Gasteiger charge is 2.44. The van der Waals surface area contributed by atoms with Crippen LogP contribution in [0.25, 0.3) is 0 Å². The van der Waals surface area contributed by atoms with Crippen LogP contribution in [0.3, 0.4) is 0 Å². The average molecular weight is 434 g/mol. The fourth-order valence-electron chi connectivity index (χ4n) is 2.74. The molecule has 3 heteroatoms. The Morgan fingerprint density at radius 1 is 0.407 bits per heavy atom. The molecular weight excluding hydrogens is 395 g/mol. The highest BCUT2D eigenvalue weighted by Crippen LogP contribution is 2.52. The summed E-state index contributed by atoms with van der Waals surface area (Å²) < 4.78 is 0. The van der Waals surface area contributed by atoms with E-state index in [0.29, 0.717) is 0 Å². The molecule has 3 atom stereocenters. The van der Waals surface area contributed by atoms with E-state index in [1.807, 2.05) is 0 Å².